The van der Waals surface area contributed by atoms with Crippen molar-refractivity contribution < 1.29 is 4.79 Å². The van der Waals surface area contributed by atoms with Crippen LogP contribution in [-0.2, 0) is 0 Å². The maximum Gasteiger partial charge on any atom is 0.274 e. The zero-order valence-corrected chi connectivity index (χ0v) is 16.4. The van der Waals surface area contributed by atoms with E-state index in [4.69, 9.17) is 11.6 Å². The summed E-state index contributed by atoms with van der Waals surface area (Å²) in [5, 5.41) is 3.45. The SMILES string of the molecule is Cc1cc(C)c(NC(=O)c2cc(N3CCCCCC3)nc(C)n2)c(Cl)c1. The molecule has 2 aromatic rings. The molecule has 0 saturated carbocycles. The Labute approximate surface area is 159 Å². The Morgan fingerprint density at radius 3 is 2.38 bits per heavy atom. The van der Waals surface area contributed by atoms with Crippen molar-refractivity contribution in [2.45, 2.75) is 46.5 Å². The average Bonchev–Trinajstić information content (AvgIpc) is 2.86. The minimum absolute atomic E-state index is 0.263. The van der Waals surface area contributed by atoms with Crippen molar-refractivity contribution in [1.82, 2.24) is 9.97 Å². The summed E-state index contributed by atoms with van der Waals surface area (Å²) < 4.78 is 0. The van der Waals surface area contributed by atoms with Crippen molar-refractivity contribution in [3.8, 4) is 0 Å². The topological polar surface area (TPSA) is 58.1 Å². The van der Waals surface area contributed by atoms with Crippen LogP contribution in [0.4, 0.5) is 11.5 Å². The number of nitrogens with zero attached hydrogens (tertiary/aromatic N) is 3. The van der Waals surface area contributed by atoms with Crippen molar-refractivity contribution in [3.63, 3.8) is 0 Å². The average molecular weight is 373 g/mol. The lowest BCUT2D eigenvalue weighted by atomic mass is 10.1. The van der Waals surface area contributed by atoms with Gasteiger partial charge < -0.3 is 10.2 Å². The van der Waals surface area contributed by atoms with Gasteiger partial charge in [0.05, 0.1) is 10.7 Å². The van der Waals surface area contributed by atoms with E-state index >= 15 is 0 Å². The predicted molar refractivity (Wildman–Crippen MR) is 106 cm³/mol. The monoisotopic (exact) mass is 372 g/mol. The molecule has 0 spiro atoms. The molecule has 1 fully saturated rings. The fraction of sp³-hybridized carbons (Fsp3) is 0.450. The molecule has 1 saturated heterocycles. The molecule has 0 radical (unpaired) electrons. The molecular weight excluding hydrogens is 348 g/mol. The number of halogens is 1. The van der Waals surface area contributed by atoms with Crippen molar-refractivity contribution >= 4 is 29.0 Å². The Kier molecular flexibility index (Phi) is 5.77. The van der Waals surface area contributed by atoms with Crippen LogP contribution < -0.4 is 10.2 Å². The maximum absolute atomic E-state index is 12.8. The van der Waals surface area contributed by atoms with Crippen molar-refractivity contribution in [2.24, 2.45) is 0 Å². The van der Waals surface area contributed by atoms with Gasteiger partial charge in [-0.25, -0.2) is 9.97 Å². The van der Waals surface area contributed by atoms with E-state index in [0.717, 1.165) is 42.9 Å². The van der Waals surface area contributed by atoms with Gasteiger partial charge in [-0.1, -0.05) is 30.5 Å². The zero-order chi connectivity index (χ0) is 18.7. The van der Waals surface area contributed by atoms with Gasteiger partial charge in [-0.3, -0.25) is 4.79 Å². The molecular formula is C20H25ClN4O. The number of hydrogen-bond acceptors (Lipinski definition) is 4. The van der Waals surface area contributed by atoms with Gasteiger partial charge in [-0.2, -0.15) is 0 Å². The second kappa shape index (κ2) is 8.04. The van der Waals surface area contributed by atoms with Gasteiger partial charge in [0.25, 0.3) is 5.91 Å². The number of rotatable bonds is 3. The number of nitrogens with one attached hydrogen (secondary N) is 1. The summed E-state index contributed by atoms with van der Waals surface area (Å²) in [6.07, 6.45) is 4.81. The van der Waals surface area contributed by atoms with Crippen molar-refractivity contribution in [2.75, 3.05) is 23.3 Å². The quantitative estimate of drug-likeness (QED) is 0.849. The summed E-state index contributed by atoms with van der Waals surface area (Å²) in [5.74, 6) is 1.17. The lowest BCUT2D eigenvalue weighted by Crippen LogP contribution is -2.26. The summed E-state index contributed by atoms with van der Waals surface area (Å²) in [5.41, 5.74) is 3.00. The maximum atomic E-state index is 12.8. The lowest BCUT2D eigenvalue weighted by Gasteiger charge is -2.22. The first kappa shape index (κ1) is 18.6. The van der Waals surface area contributed by atoms with Crippen molar-refractivity contribution in [3.05, 3.63) is 45.9 Å². The number of benzene rings is 1. The third kappa shape index (κ3) is 4.33. The van der Waals surface area contributed by atoms with Crippen molar-refractivity contribution in [1.29, 1.82) is 0 Å². The van der Waals surface area contributed by atoms with E-state index in [0.29, 0.717) is 22.2 Å². The molecule has 1 aromatic heterocycles. The predicted octanol–water partition coefficient (Wildman–Crippen LogP) is 4.69. The standard InChI is InChI=1S/C20H25ClN4O/c1-13-10-14(2)19(16(21)11-13)24-20(26)17-12-18(23-15(3)22-17)25-8-6-4-5-7-9-25/h10-12H,4-9H2,1-3H3,(H,24,26). The first-order chi connectivity index (χ1) is 12.4. The normalized spacial score (nSPS) is 14.8. The first-order valence-electron chi connectivity index (χ1n) is 9.13. The molecule has 6 heteroatoms. The fourth-order valence-electron chi connectivity index (χ4n) is 3.38. The van der Waals surface area contributed by atoms with Crippen LogP contribution in [0.1, 0.15) is 53.1 Å². The molecule has 26 heavy (non-hydrogen) atoms. The summed E-state index contributed by atoms with van der Waals surface area (Å²) in [7, 11) is 0. The smallest absolute Gasteiger partial charge is 0.274 e. The van der Waals surface area contributed by atoms with E-state index in [1.54, 1.807) is 6.07 Å². The van der Waals surface area contributed by atoms with E-state index in [1.165, 1.54) is 12.8 Å². The van der Waals surface area contributed by atoms with Crippen LogP contribution in [0.5, 0.6) is 0 Å². The Balaban J connectivity index is 1.85. The van der Waals surface area contributed by atoms with Gasteiger partial charge in [-0.15, -0.1) is 0 Å². The van der Waals surface area contributed by atoms with Crippen LogP contribution >= 0.6 is 11.6 Å². The molecule has 0 atom stereocenters. The molecule has 2 heterocycles. The van der Waals surface area contributed by atoms with Crippen LogP contribution in [0.3, 0.4) is 0 Å². The molecule has 1 aliphatic heterocycles. The van der Waals surface area contributed by atoms with Crippen LogP contribution in [0, 0.1) is 20.8 Å². The summed E-state index contributed by atoms with van der Waals surface area (Å²) in [6, 6.07) is 5.62. The molecule has 1 aliphatic rings. The molecule has 3 rings (SSSR count). The van der Waals surface area contributed by atoms with E-state index in [2.05, 4.69) is 20.2 Å². The van der Waals surface area contributed by atoms with Crippen LogP contribution in [0.2, 0.25) is 5.02 Å². The molecule has 0 bridgehead atoms. The fourth-order valence-corrected chi connectivity index (χ4v) is 3.75. The number of hydrogen-bond donors (Lipinski definition) is 1. The lowest BCUT2D eigenvalue weighted by molar-refractivity contribution is 0.102. The highest BCUT2D eigenvalue weighted by molar-refractivity contribution is 6.34. The number of amides is 1. The largest absolute Gasteiger partial charge is 0.356 e. The first-order valence-corrected chi connectivity index (χ1v) is 9.50. The molecule has 1 amide bonds. The third-order valence-corrected chi connectivity index (χ3v) is 4.96. The number of aromatic nitrogens is 2. The van der Waals surface area contributed by atoms with Crippen LogP contribution in [0.25, 0.3) is 0 Å². The summed E-state index contributed by atoms with van der Waals surface area (Å²) in [4.78, 5) is 23.9. The van der Waals surface area contributed by atoms with Crippen LogP contribution in [-0.4, -0.2) is 29.0 Å². The van der Waals surface area contributed by atoms with Gasteiger partial charge in [0.2, 0.25) is 0 Å². The number of carbonyl (C=O) groups excluding carboxylic acids is 1. The Morgan fingerprint density at radius 1 is 1.04 bits per heavy atom. The number of carbonyl (C=O) groups is 1. The van der Waals surface area contributed by atoms with Gasteiger partial charge >= 0.3 is 0 Å². The molecule has 5 nitrogen and oxygen atoms in total. The highest BCUT2D eigenvalue weighted by Gasteiger charge is 2.17. The van der Waals surface area contributed by atoms with Gasteiger partial charge in [0.1, 0.15) is 17.3 Å². The van der Waals surface area contributed by atoms with E-state index in [-0.39, 0.29) is 5.91 Å². The summed E-state index contributed by atoms with van der Waals surface area (Å²) >= 11 is 6.31. The molecule has 138 valence electrons. The Morgan fingerprint density at radius 2 is 1.73 bits per heavy atom. The number of anilines is 2. The van der Waals surface area contributed by atoms with Gasteiger partial charge in [0, 0.05) is 19.2 Å². The Hall–Kier alpha value is -2.14. The minimum atomic E-state index is -0.263. The third-order valence-electron chi connectivity index (χ3n) is 4.66. The Bertz CT molecular complexity index is 790. The second-order valence-electron chi connectivity index (χ2n) is 6.95. The second-order valence-corrected chi connectivity index (χ2v) is 7.36. The highest BCUT2D eigenvalue weighted by atomic mass is 35.5. The molecule has 1 aromatic carbocycles. The van der Waals surface area contributed by atoms with E-state index < -0.39 is 0 Å². The van der Waals surface area contributed by atoms with Gasteiger partial charge in [-0.05, 0) is 50.8 Å². The molecule has 1 N–H and O–H groups in total. The number of aryl methyl sites for hydroxylation is 3. The van der Waals surface area contributed by atoms with E-state index in [9.17, 15) is 4.79 Å². The van der Waals surface area contributed by atoms with E-state index in [1.807, 2.05) is 32.9 Å². The van der Waals surface area contributed by atoms with Crippen LogP contribution in [0.15, 0.2) is 18.2 Å². The summed E-state index contributed by atoms with van der Waals surface area (Å²) in [6.45, 7) is 7.68. The molecule has 0 aliphatic carbocycles. The van der Waals surface area contributed by atoms with Gasteiger partial charge in [0.15, 0.2) is 0 Å². The zero-order valence-electron chi connectivity index (χ0n) is 15.6. The minimum Gasteiger partial charge on any atom is -0.356 e. The highest BCUT2D eigenvalue weighted by Crippen LogP contribution is 2.28. The molecule has 0 unspecified atom stereocenters.